The van der Waals surface area contributed by atoms with Crippen molar-refractivity contribution in [1.82, 2.24) is 14.5 Å². The maximum Gasteiger partial charge on any atom is 0.233 e. The third kappa shape index (κ3) is 3.84. The zero-order valence-electron chi connectivity index (χ0n) is 15.8. The summed E-state index contributed by atoms with van der Waals surface area (Å²) in [6.07, 6.45) is 0. The van der Waals surface area contributed by atoms with Crippen LogP contribution in [0.5, 0.6) is 0 Å². The minimum absolute atomic E-state index is 0.165. The predicted molar refractivity (Wildman–Crippen MR) is 116 cm³/mol. The Kier molecular flexibility index (Phi) is 5.78. The minimum Gasteiger partial charge on any atom is -0.367 e. The van der Waals surface area contributed by atoms with Gasteiger partial charge in [0.2, 0.25) is 5.91 Å². The summed E-state index contributed by atoms with van der Waals surface area (Å²) in [7, 11) is 0. The number of carbonyl (C=O) groups is 1. The number of halogens is 1. The van der Waals surface area contributed by atoms with E-state index in [1.165, 1.54) is 11.8 Å². The van der Waals surface area contributed by atoms with Gasteiger partial charge in [0.1, 0.15) is 0 Å². The number of aryl methyl sites for hydroxylation is 1. The lowest BCUT2D eigenvalue weighted by molar-refractivity contribution is -0.128. The molecule has 0 bridgehead atoms. The second-order valence-electron chi connectivity index (χ2n) is 6.74. The Morgan fingerprint density at radius 3 is 2.54 bits per heavy atom. The van der Waals surface area contributed by atoms with Crippen LogP contribution in [0.25, 0.3) is 11.0 Å². The number of amides is 1. The molecule has 5 nitrogen and oxygen atoms in total. The van der Waals surface area contributed by atoms with Gasteiger partial charge in [-0.15, -0.1) is 0 Å². The summed E-state index contributed by atoms with van der Waals surface area (Å²) in [5.74, 6) is 0.577. The van der Waals surface area contributed by atoms with E-state index in [-0.39, 0.29) is 5.91 Å². The molecule has 2 heterocycles. The van der Waals surface area contributed by atoms with Crippen molar-refractivity contribution in [2.75, 3.05) is 36.8 Å². The van der Waals surface area contributed by atoms with Gasteiger partial charge < -0.3 is 14.4 Å². The van der Waals surface area contributed by atoms with E-state index < -0.39 is 0 Å². The van der Waals surface area contributed by atoms with E-state index in [9.17, 15) is 4.79 Å². The van der Waals surface area contributed by atoms with E-state index in [0.29, 0.717) is 5.75 Å². The number of hydrogen-bond donors (Lipinski definition) is 0. The van der Waals surface area contributed by atoms with Crippen LogP contribution in [0.1, 0.15) is 6.92 Å². The average molecular weight is 415 g/mol. The van der Waals surface area contributed by atoms with Crippen LogP contribution < -0.4 is 4.90 Å². The van der Waals surface area contributed by atoms with Crippen molar-refractivity contribution >= 4 is 46.0 Å². The van der Waals surface area contributed by atoms with Gasteiger partial charge >= 0.3 is 0 Å². The molecule has 1 aliphatic rings. The first-order valence-corrected chi connectivity index (χ1v) is 10.9. The molecule has 1 fully saturated rings. The third-order valence-corrected chi connectivity index (χ3v) is 6.37. The number of aromatic nitrogens is 2. The second kappa shape index (κ2) is 8.45. The molecule has 28 heavy (non-hydrogen) atoms. The molecular weight excluding hydrogens is 392 g/mol. The minimum atomic E-state index is 0.165. The van der Waals surface area contributed by atoms with Gasteiger partial charge in [-0.05, 0) is 31.2 Å². The lowest BCUT2D eigenvalue weighted by Gasteiger charge is -2.36. The SMILES string of the molecule is CCn1c(SCC(=O)N2CCN(c3ccccc3Cl)CC2)nc2ccccc21. The van der Waals surface area contributed by atoms with Gasteiger partial charge in [-0.2, -0.15) is 0 Å². The monoisotopic (exact) mass is 414 g/mol. The zero-order valence-corrected chi connectivity index (χ0v) is 17.4. The molecule has 0 N–H and O–H groups in total. The van der Waals surface area contributed by atoms with Crippen LogP contribution >= 0.6 is 23.4 Å². The Balaban J connectivity index is 1.36. The van der Waals surface area contributed by atoms with Crippen LogP contribution in [0, 0.1) is 0 Å². The summed E-state index contributed by atoms with van der Waals surface area (Å²) in [6, 6.07) is 16.0. The summed E-state index contributed by atoms with van der Waals surface area (Å²) >= 11 is 7.83. The number of imidazole rings is 1. The molecule has 7 heteroatoms. The zero-order chi connectivity index (χ0) is 19.5. The molecule has 0 atom stereocenters. The molecule has 4 rings (SSSR count). The normalized spacial score (nSPS) is 14.6. The van der Waals surface area contributed by atoms with Crippen molar-refractivity contribution in [3.05, 3.63) is 53.6 Å². The van der Waals surface area contributed by atoms with Crippen LogP contribution in [0.4, 0.5) is 5.69 Å². The number of piperazine rings is 1. The number of benzene rings is 2. The van der Waals surface area contributed by atoms with Crippen LogP contribution in [-0.2, 0) is 11.3 Å². The molecule has 146 valence electrons. The van der Waals surface area contributed by atoms with Gasteiger partial charge in [-0.1, -0.05) is 47.6 Å². The van der Waals surface area contributed by atoms with Crippen LogP contribution in [0.15, 0.2) is 53.7 Å². The number of rotatable bonds is 5. The quantitative estimate of drug-likeness (QED) is 0.588. The van der Waals surface area contributed by atoms with Crippen molar-refractivity contribution in [2.24, 2.45) is 0 Å². The summed E-state index contributed by atoms with van der Waals surface area (Å²) in [5.41, 5.74) is 3.14. The van der Waals surface area contributed by atoms with E-state index in [4.69, 9.17) is 16.6 Å². The fourth-order valence-corrected chi connectivity index (χ4v) is 4.83. The van der Waals surface area contributed by atoms with E-state index in [1.807, 2.05) is 47.4 Å². The fraction of sp³-hybridized carbons (Fsp3) is 0.333. The van der Waals surface area contributed by atoms with E-state index in [2.05, 4.69) is 22.5 Å². The highest BCUT2D eigenvalue weighted by Crippen LogP contribution is 2.27. The average Bonchev–Trinajstić information content (AvgIpc) is 3.10. The molecule has 0 aliphatic carbocycles. The molecule has 0 saturated carbocycles. The highest BCUT2D eigenvalue weighted by Gasteiger charge is 2.23. The van der Waals surface area contributed by atoms with E-state index >= 15 is 0 Å². The summed E-state index contributed by atoms with van der Waals surface area (Å²) < 4.78 is 2.17. The van der Waals surface area contributed by atoms with Crippen molar-refractivity contribution in [2.45, 2.75) is 18.6 Å². The Morgan fingerprint density at radius 1 is 1.07 bits per heavy atom. The smallest absolute Gasteiger partial charge is 0.233 e. The Hall–Kier alpha value is -2.18. The number of thioether (sulfide) groups is 1. The summed E-state index contributed by atoms with van der Waals surface area (Å²) in [6.45, 7) is 5.98. The predicted octanol–water partition coefficient (Wildman–Crippen LogP) is 4.15. The number of hydrogen-bond acceptors (Lipinski definition) is 4. The molecule has 3 aromatic rings. The number of nitrogens with zero attached hydrogens (tertiary/aromatic N) is 4. The molecule has 1 aliphatic heterocycles. The van der Waals surface area contributed by atoms with Gasteiger partial charge in [-0.25, -0.2) is 4.98 Å². The Labute approximate surface area is 174 Å². The second-order valence-corrected chi connectivity index (χ2v) is 8.08. The van der Waals surface area contributed by atoms with Gasteiger partial charge in [0.05, 0.1) is 27.5 Å². The largest absolute Gasteiger partial charge is 0.367 e. The van der Waals surface area contributed by atoms with Crippen molar-refractivity contribution in [1.29, 1.82) is 0 Å². The standard InChI is InChI=1S/C21H23ClN4OS/c1-2-26-19-10-6-4-8-17(19)23-21(26)28-15-20(27)25-13-11-24(12-14-25)18-9-5-3-7-16(18)22/h3-10H,2,11-15H2,1H3. The first-order chi connectivity index (χ1) is 13.7. The van der Waals surface area contributed by atoms with Crippen LogP contribution in [0.3, 0.4) is 0 Å². The molecule has 0 radical (unpaired) electrons. The third-order valence-electron chi connectivity index (χ3n) is 5.09. The van der Waals surface area contributed by atoms with Gasteiger partial charge in [0.15, 0.2) is 5.16 Å². The molecule has 1 saturated heterocycles. The maximum absolute atomic E-state index is 12.7. The van der Waals surface area contributed by atoms with Crippen molar-refractivity contribution < 1.29 is 4.79 Å². The Morgan fingerprint density at radius 2 is 1.79 bits per heavy atom. The van der Waals surface area contributed by atoms with Crippen molar-refractivity contribution in [3.63, 3.8) is 0 Å². The first-order valence-electron chi connectivity index (χ1n) is 9.52. The van der Waals surface area contributed by atoms with Crippen molar-refractivity contribution in [3.8, 4) is 0 Å². The number of carbonyl (C=O) groups excluding carboxylic acids is 1. The molecule has 0 spiro atoms. The molecular formula is C21H23ClN4OS. The molecule has 1 amide bonds. The molecule has 1 aromatic heterocycles. The number of fused-ring (bicyclic) bond motifs is 1. The van der Waals surface area contributed by atoms with Crippen LogP contribution in [-0.4, -0.2) is 52.3 Å². The highest BCUT2D eigenvalue weighted by atomic mass is 35.5. The summed E-state index contributed by atoms with van der Waals surface area (Å²) in [4.78, 5) is 21.6. The lowest BCUT2D eigenvalue weighted by Crippen LogP contribution is -2.49. The van der Waals surface area contributed by atoms with Gasteiger partial charge in [-0.3, -0.25) is 4.79 Å². The molecule has 2 aromatic carbocycles. The lowest BCUT2D eigenvalue weighted by atomic mass is 10.2. The van der Waals surface area contributed by atoms with E-state index in [0.717, 1.165) is 59.6 Å². The first kappa shape index (κ1) is 19.2. The van der Waals surface area contributed by atoms with Gasteiger partial charge in [0, 0.05) is 32.7 Å². The number of para-hydroxylation sites is 3. The van der Waals surface area contributed by atoms with Crippen LogP contribution in [0.2, 0.25) is 5.02 Å². The highest BCUT2D eigenvalue weighted by molar-refractivity contribution is 7.99. The fourth-order valence-electron chi connectivity index (χ4n) is 3.59. The Bertz CT molecular complexity index is 981. The van der Waals surface area contributed by atoms with Gasteiger partial charge in [0.25, 0.3) is 0 Å². The maximum atomic E-state index is 12.7. The topological polar surface area (TPSA) is 41.4 Å². The summed E-state index contributed by atoms with van der Waals surface area (Å²) in [5, 5.41) is 1.67. The number of anilines is 1. The van der Waals surface area contributed by atoms with E-state index in [1.54, 1.807) is 0 Å². The molecule has 0 unspecified atom stereocenters.